The lowest BCUT2D eigenvalue weighted by molar-refractivity contribution is 0.603. The van der Waals surface area contributed by atoms with Gasteiger partial charge in [0.05, 0.1) is 0 Å². The summed E-state index contributed by atoms with van der Waals surface area (Å²) in [5.41, 5.74) is 1.18. The van der Waals surface area contributed by atoms with E-state index in [1.165, 1.54) is 16.5 Å². The van der Waals surface area contributed by atoms with Gasteiger partial charge < -0.3 is 5.32 Å². The van der Waals surface area contributed by atoms with Gasteiger partial charge in [0, 0.05) is 29.7 Å². The number of rotatable bonds is 3. The number of fused-ring (bicyclic) bond motifs is 1. The Labute approximate surface area is 90.3 Å². The van der Waals surface area contributed by atoms with E-state index in [-0.39, 0.29) is 0 Å². The van der Waals surface area contributed by atoms with Gasteiger partial charge in [-0.2, -0.15) is 0 Å². The van der Waals surface area contributed by atoms with Crippen molar-refractivity contribution in [1.82, 2.24) is 10.3 Å². The van der Waals surface area contributed by atoms with Crippen LogP contribution in [0.5, 0.6) is 0 Å². The highest BCUT2D eigenvalue weighted by Crippen LogP contribution is 2.17. The van der Waals surface area contributed by atoms with Crippen LogP contribution in [-0.2, 0) is 6.42 Å². The molecule has 0 amide bonds. The molecule has 1 heterocycles. The number of benzene rings is 1. The molecule has 1 unspecified atom stereocenters. The number of nitrogens with one attached hydrogen (secondary N) is 1. The number of hydrogen-bond donors (Lipinski definition) is 1. The molecule has 0 bridgehead atoms. The summed E-state index contributed by atoms with van der Waals surface area (Å²) in [5.74, 6) is 0. The molecule has 1 aromatic heterocycles. The molecule has 0 saturated heterocycles. The van der Waals surface area contributed by atoms with E-state index in [2.05, 4.69) is 47.6 Å². The molecule has 0 spiro atoms. The first-order valence-corrected chi connectivity index (χ1v) is 5.31. The Morgan fingerprint density at radius 2 is 2.07 bits per heavy atom. The van der Waals surface area contributed by atoms with Gasteiger partial charge in [-0.3, -0.25) is 4.98 Å². The molecule has 0 saturated carbocycles. The zero-order valence-corrected chi connectivity index (χ0v) is 9.20. The van der Waals surface area contributed by atoms with Crippen molar-refractivity contribution in [3.8, 4) is 0 Å². The van der Waals surface area contributed by atoms with Crippen LogP contribution in [-0.4, -0.2) is 18.1 Å². The molecule has 0 aliphatic carbocycles. The minimum absolute atomic E-state index is 0.461. The van der Waals surface area contributed by atoms with E-state index in [1.54, 1.807) is 0 Å². The molecule has 1 aromatic carbocycles. The van der Waals surface area contributed by atoms with Crippen LogP contribution < -0.4 is 5.32 Å². The lowest BCUT2D eigenvalue weighted by Gasteiger charge is -2.11. The lowest BCUT2D eigenvalue weighted by atomic mass is 10.1. The molecule has 15 heavy (non-hydrogen) atoms. The molecule has 1 N–H and O–H groups in total. The summed E-state index contributed by atoms with van der Waals surface area (Å²) in [6.07, 6.45) is 2.86. The van der Waals surface area contributed by atoms with Gasteiger partial charge in [-0.25, -0.2) is 0 Å². The number of pyridine rings is 1. The van der Waals surface area contributed by atoms with Gasteiger partial charge in [0.1, 0.15) is 0 Å². The van der Waals surface area contributed by atoms with Gasteiger partial charge in [-0.1, -0.05) is 24.3 Å². The molecule has 1 atom stereocenters. The maximum absolute atomic E-state index is 4.45. The third-order valence-corrected chi connectivity index (χ3v) is 2.75. The van der Waals surface area contributed by atoms with Crippen molar-refractivity contribution >= 4 is 10.8 Å². The van der Waals surface area contributed by atoms with E-state index in [9.17, 15) is 0 Å². The maximum Gasteiger partial charge on any atom is 0.0497 e. The number of nitrogens with zero attached hydrogens (tertiary/aromatic N) is 1. The van der Waals surface area contributed by atoms with Crippen LogP contribution in [0, 0.1) is 0 Å². The summed E-state index contributed by atoms with van der Waals surface area (Å²) in [7, 11) is 1.98. The maximum atomic E-state index is 4.45. The summed E-state index contributed by atoms with van der Waals surface area (Å²) in [4.78, 5) is 4.45. The quantitative estimate of drug-likeness (QED) is 0.823. The van der Waals surface area contributed by atoms with Crippen molar-refractivity contribution in [2.24, 2.45) is 0 Å². The largest absolute Gasteiger partial charge is 0.317 e. The van der Waals surface area contributed by atoms with E-state index in [4.69, 9.17) is 0 Å². The average Bonchev–Trinajstić information content (AvgIpc) is 2.29. The van der Waals surface area contributed by atoms with Gasteiger partial charge in [-0.15, -0.1) is 0 Å². The van der Waals surface area contributed by atoms with Gasteiger partial charge in [0.15, 0.2) is 0 Å². The monoisotopic (exact) mass is 200 g/mol. The van der Waals surface area contributed by atoms with Gasteiger partial charge >= 0.3 is 0 Å². The molecule has 2 aromatic rings. The van der Waals surface area contributed by atoms with Gasteiger partial charge in [0.2, 0.25) is 0 Å². The molecule has 2 rings (SSSR count). The van der Waals surface area contributed by atoms with E-state index in [0.29, 0.717) is 6.04 Å². The summed E-state index contributed by atoms with van der Waals surface area (Å²) in [6.45, 7) is 2.17. The third-order valence-electron chi connectivity index (χ3n) is 2.75. The smallest absolute Gasteiger partial charge is 0.0497 e. The third kappa shape index (κ3) is 2.16. The molecule has 0 aliphatic rings. The van der Waals surface area contributed by atoms with E-state index in [0.717, 1.165) is 6.42 Å². The van der Waals surface area contributed by atoms with Crippen LogP contribution in [0.2, 0.25) is 0 Å². The van der Waals surface area contributed by atoms with Crippen molar-refractivity contribution in [1.29, 1.82) is 0 Å². The number of hydrogen-bond acceptors (Lipinski definition) is 2. The van der Waals surface area contributed by atoms with Crippen LogP contribution in [0.4, 0.5) is 0 Å². The van der Waals surface area contributed by atoms with Crippen molar-refractivity contribution < 1.29 is 0 Å². The fourth-order valence-electron chi connectivity index (χ4n) is 1.74. The Balaban J connectivity index is 2.42. The second-order valence-corrected chi connectivity index (χ2v) is 3.87. The Kier molecular flexibility index (Phi) is 2.97. The first kappa shape index (κ1) is 10.1. The molecule has 2 nitrogen and oxygen atoms in total. The molecule has 78 valence electrons. The van der Waals surface area contributed by atoms with Gasteiger partial charge in [0.25, 0.3) is 0 Å². The molecule has 0 aliphatic heterocycles. The standard InChI is InChI=1S/C13H16N2/c1-10(14-2)9-13-12-6-4-3-5-11(12)7-8-15-13/h3-8,10,14H,9H2,1-2H3. The van der Waals surface area contributed by atoms with Crippen LogP contribution in [0.25, 0.3) is 10.8 Å². The normalized spacial score (nSPS) is 12.9. The van der Waals surface area contributed by atoms with Crippen LogP contribution >= 0.6 is 0 Å². The Bertz CT molecular complexity index is 446. The van der Waals surface area contributed by atoms with Crippen LogP contribution in [0.1, 0.15) is 12.6 Å². The van der Waals surface area contributed by atoms with Crippen molar-refractivity contribution in [2.45, 2.75) is 19.4 Å². The second kappa shape index (κ2) is 4.41. The zero-order valence-electron chi connectivity index (χ0n) is 9.20. The molecule has 0 fully saturated rings. The average molecular weight is 200 g/mol. The highest BCUT2D eigenvalue weighted by atomic mass is 14.9. The Hall–Kier alpha value is -1.41. The summed E-state index contributed by atoms with van der Waals surface area (Å²) < 4.78 is 0. The summed E-state index contributed by atoms with van der Waals surface area (Å²) >= 11 is 0. The predicted octanol–water partition coefficient (Wildman–Crippen LogP) is 2.39. The molecular formula is C13H16N2. The molecule has 2 heteroatoms. The minimum atomic E-state index is 0.461. The SMILES string of the molecule is CNC(C)Cc1nccc2ccccc12. The molecule has 0 radical (unpaired) electrons. The fourth-order valence-corrected chi connectivity index (χ4v) is 1.74. The number of aromatic nitrogens is 1. The van der Waals surface area contributed by atoms with E-state index >= 15 is 0 Å². The Morgan fingerprint density at radius 1 is 1.27 bits per heavy atom. The Morgan fingerprint density at radius 3 is 2.87 bits per heavy atom. The van der Waals surface area contributed by atoms with Gasteiger partial charge in [-0.05, 0) is 25.4 Å². The second-order valence-electron chi connectivity index (χ2n) is 3.87. The van der Waals surface area contributed by atoms with Crippen molar-refractivity contribution in [3.63, 3.8) is 0 Å². The van der Waals surface area contributed by atoms with Crippen molar-refractivity contribution in [2.75, 3.05) is 7.05 Å². The van der Waals surface area contributed by atoms with E-state index in [1.807, 2.05) is 13.2 Å². The first-order valence-electron chi connectivity index (χ1n) is 5.31. The topological polar surface area (TPSA) is 24.9 Å². The fraction of sp³-hybridized carbons (Fsp3) is 0.308. The first-order chi connectivity index (χ1) is 7.31. The number of likely N-dealkylation sites (N-methyl/N-ethyl adjacent to an activating group) is 1. The minimum Gasteiger partial charge on any atom is -0.317 e. The highest BCUT2D eigenvalue weighted by molar-refractivity contribution is 5.84. The summed E-state index contributed by atoms with van der Waals surface area (Å²) in [5, 5.41) is 5.77. The van der Waals surface area contributed by atoms with Crippen molar-refractivity contribution in [3.05, 3.63) is 42.2 Å². The highest BCUT2D eigenvalue weighted by Gasteiger charge is 2.05. The summed E-state index contributed by atoms with van der Waals surface area (Å²) in [6, 6.07) is 10.9. The zero-order chi connectivity index (χ0) is 10.7. The predicted molar refractivity (Wildman–Crippen MR) is 64.0 cm³/mol. The molecular weight excluding hydrogens is 184 g/mol. The van der Waals surface area contributed by atoms with Crippen LogP contribution in [0.15, 0.2) is 36.5 Å². The van der Waals surface area contributed by atoms with Crippen LogP contribution in [0.3, 0.4) is 0 Å². The lowest BCUT2D eigenvalue weighted by Crippen LogP contribution is -2.24. The van der Waals surface area contributed by atoms with E-state index < -0.39 is 0 Å².